The third-order valence-corrected chi connectivity index (χ3v) is 4.96. The third-order valence-electron chi connectivity index (χ3n) is 4.96. The Bertz CT molecular complexity index is 808. The van der Waals surface area contributed by atoms with Crippen LogP contribution < -0.4 is 15.5 Å². The van der Waals surface area contributed by atoms with E-state index in [9.17, 15) is 13.6 Å². The number of quaternary nitrogens is 1. The Morgan fingerprint density at radius 2 is 1.79 bits per heavy atom. The highest BCUT2D eigenvalue weighted by molar-refractivity contribution is 5.93. The Morgan fingerprint density at radius 3 is 2.43 bits per heavy atom. The molecule has 0 aromatic heterocycles. The predicted octanol–water partition coefficient (Wildman–Crippen LogP) is 2.45. The normalized spacial score (nSPS) is 16.5. The van der Waals surface area contributed by atoms with Gasteiger partial charge in [0.05, 0.1) is 13.2 Å². The van der Waals surface area contributed by atoms with Crippen LogP contribution in [0, 0.1) is 11.6 Å². The first-order valence-corrected chi connectivity index (χ1v) is 9.47. The minimum absolute atomic E-state index is 0.173. The highest BCUT2D eigenvalue weighted by Gasteiger charge is 2.22. The number of benzene rings is 2. The van der Waals surface area contributed by atoms with E-state index in [2.05, 4.69) is 10.2 Å². The molecule has 3 rings (SSSR count). The molecule has 2 aromatic rings. The molecule has 0 spiro atoms. The van der Waals surface area contributed by atoms with Gasteiger partial charge in [-0.1, -0.05) is 0 Å². The number of hydrogen-bond acceptors (Lipinski definition) is 3. The fourth-order valence-electron chi connectivity index (χ4n) is 3.33. The molecule has 1 aliphatic heterocycles. The molecule has 0 unspecified atom stereocenters. The van der Waals surface area contributed by atoms with E-state index in [4.69, 9.17) is 4.74 Å². The maximum absolute atomic E-state index is 13.9. The minimum atomic E-state index is -0.611. The predicted molar refractivity (Wildman–Crippen MR) is 104 cm³/mol. The van der Waals surface area contributed by atoms with E-state index in [0.717, 1.165) is 38.1 Å². The van der Waals surface area contributed by atoms with Crippen LogP contribution in [-0.2, 0) is 9.53 Å². The molecular formula is C21H26F2N3O2+. The molecule has 1 saturated heterocycles. The maximum Gasteiger partial charge on any atom is 0.282 e. The summed E-state index contributed by atoms with van der Waals surface area (Å²) in [6.45, 7) is 6.70. The first-order valence-electron chi connectivity index (χ1n) is 9.47. The molecule has 5 nitrogen and oxygen atoms in total. The number of hydrogen-bond donors (Lipinski definition) is 2. The second-order valence-electron chi connectivity index (χ2n) is 7.07. The maximum atomic E-state index is 13.9. The number of halogens is 2. The molecule has 150 valence electrons. The molecule has 2 atom stereocenters. The second-order valence-corrected chi connectivity index (χ2v) is 7.07. The monoisotopic (exact) mass is 390 g/mol. The van der Waals surface area contributed by atoms with Crippen molar-refractivity contribution in [1.29, 1.82) is 0 Å². The average molecular weight is 390 g/mol. The van der Waals surface area contributed by atoms with E-state index in [1.165, 1.54) is 12.1 Å². The van der Waals surface area contributed by atoms with Crippen molar-refractivity contribution in [1.82, 2.24) is 0 Å². The average Bonchev–Trinajstić information content (AvgIpc) is 2.69. The van der Waals surface area contributed by atoms with Crippen molar-refractivity contribution in [2.24, 2.45) is 0 Å². The quantitative estimate of drug-likeness (QED) is 0.797. The van der Waals surface area contributed by atoms with Gasteiger partial charge in [-0.15, -0.1) is 0 Å². The zero-order chi connectivity index (χ0) is 20.1. The summed E-state index contributed by atoms with van der Waals surface area (Å²) < 4.78 is 32.3. The fraction of sp³-hybridized carbons (Fsp3) is 0.381. The van der Waals surface area contributed by atoms with E-state index in [0.29, 0.717) is 11.3 Å². The van der Waals surface area contributed by atoms with Gasteiger partial charge in [0.15, 0.2) is 6.04 Å². The van der Waals surface area contributed by atoms with Gasteiger partial charge in [-0.2, -0.15) is 0 Å². The molecule has 0 aliphatic carbocycles. The van der Waals surface area contributed by atoms with Gasteiger partial charge >= 0.3 is 0 Å². The summed E-state index contributed by atoms with van der Waals surface area (Å²) in [5.41, 5.74) is 2.18. The molecule has 0 radical (unpaired) electrons. The van der Waals surface area contributed by atoms with Gasteiger partial charge in [0.25, 0.3) is 5.91 Å². The smallest absolute Gasteiger partial charge is 0.282 e. The molecule has 0 saturated carbocycles. The zero-order valence-corrected chi connectivity index (χ0v) is 16.1. The van der Waals surface area contributed by atoms with Gasteiger partial charge in [0.1, 0.15) is 17.7 Å². The number of nitrogens with one attached hydrogen (secondary N) is 1. The van der Waals surface area contributed by atoms with E-state index in [-0.39, 0.29) is 11.9 Å². The van der Waals surface area contributed by atoms with Crippen molar-refractivity contribution >= 4 is 17.3 Å². The van der Waals surface area contributed by atoms with Crippen molar-refractivity contribution in [3.05, 3.63) is 59.7 Å². The number of rotatable bonds is 6. The molecule has 1 aliphatic rings. The minimum Gasteiger partial charge on any atom is -0.378 e. The van der Waals surface area contributed by atoms with Crippen LogP contribution in [0.15, 0.2) is 42.5 Å². The molecular weight excluding hydrogens is 364 g/mol. The molecule has 2 aromatic carbocycles. The molecule has 3 N–H and O–H groups in total. The van der Waals surface area contributed by atoms with E-state index >= 15 is 0 Å². The number of nitrogens with two attached hydrogens (primary N) is 1. The van der Waals surface area contributed by atoms with Crippen LogP contribution in [0.1, 0.15) is 25.5 Å². The van der Waals surface area contributed by atoms with Gasteiger partial charge in [-0.25, -0.2) is 8.78 Å². The van der Waals surface area contributed by atoms with E-state index in [1.807, 2.05) is 24.3 Å². The van der Waals surface area contributed by atoms with Crippen LogP contribution in [-0.4, -0.2) is 38.3 Å². The molecule has 7 heteroatoms. The van der Waals surface area contributed by atoms with Crippen LogP contribution in [0.3, 0.4) is 0 Å². The summed E-state index contributed by atoms with van der Waals surface area (Å²) in [6, 6.07) is 10.5. The Hall–Kier alpha value is -2.51. The molecule has 1 heterocycles. The van der Waals surface area contributed by atoms with Gasteiger partial charge < -0.3 is 20.3 Å². The first kappa shape index (κ1) is 20.2. The van der Waals surface area contributed by atoms with Gasteiger partial charge in [0, 0.05) is 36.1 Å². The Labute approximate surface area is 163 Å². The van der Waals surface area contributed by atoms with Crippen LogP contribution in [0.2, 0.25) is 0 Å². The summed E-state index contributed by atoms with van der Waals surface area (Å²) >= 11 is 0. The number of anilines is 2. The lowest BCUT2D eigenvalue weighted by atomic mass is 10.1. The molecule has 0 bridgehead atoms. The lowest BCUT2D eigenvalue weighted by molar-refractivity contribution is -0.710. The SMILES string of the molecule is C[C@H]([NH2+][C@H](C)C(=O)Nc1ccc(N2CCOCC2)cc1)c1ccc(F)cc1F. The first-order chi connectivity index (χ1) is 13.4. The molecule has 1 amide bonds. The fourth-order valence-corrected chi connectivity index (χ4v) is 3.33. The van der Waals surface area contributed by atoms with Crippen LogP contribution in [0.5, 0.6) is 0 Å². The number of amides is 1. The Morgan fingerprint density at radius 1 is 1.11 bits per heavy atom. The summed E-state index contributed by atoms with van der Waals surface area (Å²) in [4.78, 5) is 14.7. The number of carbonyl (C=O) groups excluding carboxylic acids is 1. The van der Waals surface area contributed by atoms with Crippen molar-refractivity contribution in [3.63, 3.8) is 0 Å². The second kappa shape index (κ2) is 9.12. The van der Waals surface area contributed by atoms with Crippen molar-refractivity contribution in [3.8, 4) is 0 Å². The Kier molecular flexibility index (Phi) is 6.59. The van der Waals surface area contributed by atoms with E-state index < -0.39 is 17.7 Å². The number of nitrogens with zero attached hydrogens (tertiary/aromatic N) is 1. The third kappa shape index (κ3) is 5.05. The molecule has 1 fully saturated rings. The van der Waals surface area contributed by atoms with Gasteiger partial charge in [0.2, 0.25) is 0 Å². The summed E-state index contributed by atoms with van der Waals surface area (Å²) in [6.07, 6.45) is 0. The van der Waals surface area contributed by atoms with Crippen molar-refractivity contribution in [2.45, 2.75) is 25.9 Å². The van der Waals surface area contributed by atoms with Crippen molar-refractivity contribution < 1.29 is 23.6 Å². The number of ether oxygens (including phenoxy) is 1. The van der Waals surface area contributed by atoms with Crippen LogP contribution in [0.4, 0.5) is 20.2 Å². The number of morpholine rings is 1. The van der Waals surface area contributed by atoms with Gasteiger partial charge in [-0.3, -0.25) is 4.79 Å². The van der Waals surface area contributed by atoms with E-state index in [1.54, 1.807) is 19.2 Å². The van der Waals surface area contributed by atoms with Gasteiger partial charge in [-0.05, 0) is 50.2 Å². The Balaban J connectivity index is 1.56. The highest BCUT2D eigenvalue weighted by Crippen LogP contribution is 2.19. The summed E-state index contributed by atoms with van der Waals surface area (Å²) in [5, 5.41) is 4.64. The van der Waals surface area contributed by atoms with Crippen LogP contribution in [0.25, 0.3) is 0 Å². The summed E-state index contributed by atoms with van der Waals surface area (Å²) in [7, 11) is 0. The summed E-state index contributed by atoms with van der Waals surface area (Å²) in [5.74, 6) is -1.39. The highest BCUT2D eigenvalue weighted by atomic mass is 19.1. The zero-order valence-electron chi connectivity index (χ0n) is 16.1. The topological polar surface area (TPSA) is 58.2 Å². The lowest BCUT2D eigenvalue weighted by Gasteiger charge is -2.29. The lowest BCUT2D eigenvalue weighted by Crippen LogP contribution is -2.91. The number of carbonyl (C=O) groups is 1. The van der Waals surface area contributed by atoms with Crippen molar-refractivity contribution in [2.75, 3.05) is 36.5 Å². The largest absolute Gasteiger partial charge is 0.378 e. The standard InChI is InChI=1S/C21H25F2N3O2/c1-14(19-8-3-16(22)13-20(19)23)24-15(2)21(27)25-17-4-6-18(7-5-17)26-9-11-28-12-10-26/h3-8,13-15,24H,9-12H2,1-2H3,(H,25,27)/p+1/t14-,15+/m0/s1. The van der Waals surface area contributed by atoms with Crippen LogP contribution >= 0.6 is 0 Å². The molecule has 28 heavy (non-hydrogen) atoms.